The molecule has 0 bridgehead atoms. The van der Waals surface area contributed by atoms with E-state index in [1.807, 2.05) is 0 Å². The Hall–Kier alpha value is -2.31. The molecular weight excluding hydrogens is 287 g/mol. The molecule has 1 aromatic carbocycles. The molecule has 0 aromatic heterocycles. The zero-order chi connectivity index (χ0) is 16.2. The fraction of sp³-hybridized carbons (Fsp3) is 0.286. The van der Waals surface area contributed by atoms with Crippen LogP contribution >= 0.6 is 0 Å². The van der Waals surface area contributed by atoms with Crippen LogP contribution in [0.2, 0.25) is 0 Å². The normalized spacial score (nSPS) is 12.6. The second-order valence-corrected chi connectivity index (χ2v) is 4.43. The van der Waals surface area contributed by atoms with Gasteiger partial charge in [-0.15, -0.1) is 0 Å². The topological polar surface area (TPSA) is 66.4 Å². The first-order chi connectivity index (χ1) is 9.62. The second kappa shape index (κ2) is 6.43. The Balaban J connectivity index is 2.70. The van der Waals surface area contributed by atoms with E-state index in [0.29, 0.717) is 5.56 Å². The third kappa shape index (κ3) is 4.62. The molecule has 0 atom stereocenters. The minimum absolute atomic E-state index is 0.0151. The zero-order valence-electron chi connectivity index (χ0n) is 11.4. The van der Waals surface area contributed by atoms with Crippen molar-refractivity contribution >= 4 is 11.9 Å². The molecule has 114 valence electrons. The molecular formula is C14H14F3NO3. The molecule has 4 nitrogen and oxygen atoms in total. The van der Waals surface area contributed by atoms with Gasteiger partial charge in [-0.2, -0.15) is 13.2 Å². The highest BCUT2D eigenvalue weighted by Crippen LogP contribution is 2.29. The number of benzene rings is 1. The Labute approximate surface area is 119 Å². The molecule has 0 spiro atoms. The molecule has 0 unspecified atom stereocenters. The summed E-state index contributed by atoms with van der Waals surface area (Å²) in [6, 6.07) is 4.36. The Morgan fingerprint density at radius 2 is 1.62 bits per heavy atom. The Bertz CT molecular complexity index is 574. The van der Waals surface area contributed by atoms with Gasteiger partial charge in [0.05, 0.1) is 5.56 Å². The molecule has 1 aromatic rings. The van der Waals surface area contributed by atoms with Crippen molar-refractivity contribution in [2.75, 3.05) is 0 Å². The van der Waals surface area contributed by atoms with Crippen LogP contribution in [0, 0.1) is 0 Å². The number of alkyl halides is 3. The number of hydrogen-bond donors (Lipinski definition) is 2. The van der Waals surface area contributed by atoms with Gasteiger partial charge in [0, 0.05) is 17.7 Å². The molecule has 0 radical (unpaired) electrons. The van der Waals surface area contributed by atoms with Gasteiger partial charge in [-0.25, -0.2) is 4.79 Å². The Kier molecular flexibility index (Phi) is 5.12. The fourth-order valence-corrected chi connectivity index (χ4v) is 1.46. The quantitative estimate of drug-likeness (QED) is 0.840. The van der Waals surface area contributed by atoms with Crippen LogP contribution in [-0.4, -0.2) is 17.0 Å². The number of rotatable bonds is 4. The molecule has 0 aliphatic heterocycles. The van der Waals surface area contributed by atoms with E-state index >= 15 is 0 Å². The highest BCUT2D eigenvalue weighted by Gasteiger charge is 2.29. The van der Waals surface area contributed by atoms with Gasteiger partial charge < -0.3 is 10.4 Å². The van der Waals surface area contributed by atoms with Crippen LogP contribution in [0.5, 0.6) is 0 Å². The van der Waals surface area contributed by atoms with Gasteiger partial charge in [0.15, 0.2) is 0 Å². The maximum Gasteiger partial charge on any atom is 0.416 e. The second-order valence-electron chi connectivity index (χ2n) is 4.43. The summed E-state index contributed by atoms with van der Waals surface area (Å²) in [7, 11) is 0. The van der Waals surface area contributed by atoms with E-state index in [2.05, 4.69) is 5.32 Å². The highest BCUT2D eigenvalue weighted by atomic mass is 19.4. The highest BCUT2D eigenvalue weighted by molar-refractivity contribution is 6.01. The Morgan fingerprint density at radius 1 is 1.10 bits per heavy atom. The number of hydrogen-bond acceptors (Lipinski definition) is 2. The van der Waals surface area contributed by atoms with Gasteiger partial charge in [0.1, 0.15) is 0 Å². The van der Waals surface area contributed by atoms with Crippen molar-refractivity contribution in [3.8, 4) is 0 Å². The average molecular weight is 301 g/mol. The number of carboxylic acid groups (broad SMARTS) is 1. The first-order valence-electron chi connectivity index (χ1n) is 5.98. The predicted octanol–water partition coefficient (Wildman–Crippen LogP) is 2.74. The summed E-state index contributed by atoms with van der Waals surface area (Å²) < 4.78 is 37.1. The third-order valence-electron chi connectivity index (χ3n) is 2.96. The molecule has 0 saturated heterocycles. The molecule has 1 amide bonds. The number of nitrogens with one attached hydrogen (secondary N) is 1. The van der Waals surface area contributed by atoms with Crippen LogP contribution in [-0.2, 0) is 22.3 Å². The Morgan fingerprint density at radius 3 is 2.05 bits per heavy atom. The van der Waals surface area contributed by atoms with E-state index in [9.17, 15) is 22.8 Å². The van der Waals surface area contributed by atoms with Crippen molar-refractivity contribution in [1.29, 1.82) is 0 Å². The first-order valence-corrected chi connectivity index (χ1v) is 5.98. The fourth-order valence-electron chi connectivity index (χ4n) is 1.46. The third-order valence-corrected chi connectivity index (χ3v) is 2.96. The van der Waals surface area contributed by atoms with E-state index < -0.39 is 23.6 Å². The lowest BCUT2D eigenvalue weighted by Gasteiger charge is -2.09. The first kappa shape index (κ1) is 16.7. The minimum atomic E-state index is -4.40. The predicted molar refractivity (Wildman–Crippen MR) is 69.3 cm³/mol. The van der Waals surface area contributed by atoms with Gasteiger partial charge in [-0.1, -0.05) is 12.1 Å². The van der Waals surface area contributed by atoms with E-state index in [0.717, 1.165) is 12.1 Å². The molecule has 21 heavy (non-hydrogen) atoms. The number of aliphatic carboxylic acids is 1. The molecule has 1 rings (SSSR count). The summed E-state index contributed by atoms with van der Waals surface area (Å²) in [6.07, 6.45) is -4.40. The largest absolute Gasteiger partial charge is 0.478 e. The molecule has 0 aliphatic rings. The molecule has 0 fully saturated rings. The number of carbonyl (C=O) groups is 2. The van der Waals surface area contributed by atoms with Crippen LogP contribution in [0.15, 0.2) is 35.4 Å². The SMILES string of the molecule is CC(C(=O)O)=C(C)C(=O)NCc1ccc(C(F)(F)F)cc1. The van der Waals surface area contributed by atoms with Crippen LogP contribution in [0.25, 0.3) is 0 Å². The monoisotopic (exact) mass is 301 g/mol. The summed E-state index contributed by atoms with van der Waals surface area (Å²) >= 11 is 0. The summed E-state index contributed by atoms with van der Waals surface area (Å²) in [5, 5.41) is 11.2. The number of carbonyl (C=O) groups excluding carboxylic acids is 1. The number of halogens is 3. The molecule has 0 heterocycles. The van der Waals surface area contributed by atoms with Crippen LogP contribution in [0.3, 0.4) is 0 Å². The van der Waals surface area contributed by atoms with Gasteiger partial charge in [-0.05, 0) is 31.5 Å². The standard InChI is InChI=1S/C14H14F3NO3/c1-8(9(2)13(20)21)12(19)18-7-10-3-5-11(6-4-10)14(15,16)17/h3-6H,7H2,1-2H3,(H,18,19)(H,20,21). The number of carboxylic acids is 1. The van der Waals surface area contributed by atoms with Crippen LogP contribution < -0.4 is 5.32 Å². The van der Waals surface area contributed by atoms with Crippen molar-refractivity contribution in [2.24, 2.45) is 0 Å². The van der Waals surface area contributed by atoms with Gasteiger partial charge >= 0.3 is 12.1 Å². The summed E-state index contributed by atoms with van der Waals surface area (Å²) in [6.45, 7) is 2.68. The van der Waals surface area contributed by atoms with Crippen LogP contribution in [0.1, 0.15) is 25.0 Å². The van der Waals surface area contributed by atoms with Crippen LogP contribution in [0.4, 0.5) is 13.2 Å². The molecule has 2 N–H and O–H groups in total. The van der Waals surface area contributed by atoms with E-state index in [4.69, 9.17) is 5.11 Å². The molecule has 0 saturated carbocycles. The van der Waals surface area contributed by atoms with E-state index in [1.165, 1.54) is 26.0 Å². The van der Waals surface area contributed by atoms with Crippen molar-refractivity contribution in [3.63, 3.8) is 0 Å². The van der Waals surface area contributed by atoms with Gasteiger partial charge in [-0.3, -0.25) is 4.79 Å². The molecule has 0 aliphatic carbocycles. The minimum Gasteiger partial charge on any atom is -0.478 e. The summed E-state index contributed by atoms with van der Waals surface area (Å²) in [4.78, 5) is 22.4. The lowest BCUT2D eigenvalue weighted by Crippen LogP contribution is -2.25. The smallest absolute Gasteiger partial charge is 0.416 e. The van der Waals surface area contributed by atoms with Gasteiger partial charge in [0.2, 0.25) is 5.91 Å². The summed E-state index contributed by atoms with van der Waals surface area (Å²) in [5.41, 5.74) is -0.318. The van der Waals surface area contributed by atoms with Crippen molar-refractivity contribution in [3.05, 3.63) is 46.5 Å². The lowest BCUT2D eigenvalue weighted by molar-refractivity contribution is -0.137. The van der Waals surface area contributed by atoms with E-state index in [-0.39, 0.29) is 17.7 Å². The van der Waals surface area contributed by atoms with Crippen molar-refractivity contribution in [2.45, 2.75) is 26.6 Å². The van der Waals surface area contributed by atoms with Crippen molar-refractivity contribution in [1.82, 2.24) is 5.32 Å². The lowest BCUT2D eigenvalue weighted by atomic mass is 10.1. The maximum atomic E-state index is 12.4. The van der Waals surface area contributed by atoms with E-state index in [1.54, 1.807) is 0 Å². The zero-order valence-corrected chi connectivity index (χ0v) is 11.4. The van der Waals surface area contributed by atoms with Crippen molar-refractivity contribution < 1.29 is 27.9 Å². The molecule has 7 heteroatoms. The van der Waals surface area contributed by atoms with Gasteiger partial charge in [0.25, 0.3) is 0 Å². The maximum absolute atomic E-state index is 12.4. The average Bonchev–Trinajstić information content (AvgIpc) is 2.42. The summed E-state index contributed by atoms with van der Waals surface area (Å²) in [5.74, 6) is -1.77. The number of amides is 1.